The third-order valence-electron chi connectivity index (χ3n) is 13.3. The first-order valence-electron chi connectivity index (χ1n) is 20.0. The second-order valence-corrected chi connectivity index (χ2v) is 16.8. The zero-order valence-corrected chi connectivity index (χ0v) is 32.3. The molecule has 0 heterocycles. The maximum Gasteiger partial charge on any atom is 0.0714 e. The van der Waals surface area contributed by atoms with Gasteiger partial charge in [0, 0.05) is 22.1 Å². The normalized spacial score (nSPS) is 15.6. The Morgan fingerprint density at radius 3 is 1.50 bits per heavy atom. The molecule has 0 N–H and O–H groups in total. The van der Waals surface area contributed by atoms with Crippen LogP contribution in [0.4, 0.5) is 17.1 Å². The van der Waals surface area contributed by atoms with Crippen LogP contribution in [0.5, 0.6) is 0 Å². The molecule has 268 valence electrons. The van der Waals surface area contributed by atoms with Crippen molar-refractivity contribution in [3.05, 3.63) is 233 Å². The highest BCUT2D eigenvalue weighted by Crippen LogP contribution is 2.61. The molecule has 0 unspecified atom stereocenters. The van der Waals surface area contributed by atoms with Crippen LogP contribution < -0.4 is 4.90 Å². The monoisotopic (exact) mass is 717 g/mol. The molecule has 8 aromatic carbocycles. The minimum Gasteiger partial charge on any atom is -0.310 e. The van der Waals surface area contributed by atoms with Crippen LogP contribution in [0.25, 0.3) is 33.4 Å². The fourth-order valence-electron chi connectivity index (χ4n) is 10.9. The average molecular weight is 718 g/mol. The first kappa shape index (κ1) is 32.9. The topological polar surface area (TPSA) is 3.24 Å². The Kier molecular flexibility index (Phi) is 6.93. The van der Waals surface area contributed by atoms with Gasteiger partial charge in [-0.3, -0.25) is 0 Å². The summed E-state index contributed by atoms with van der Waals surface area (Å²) in [4.78, 5) is 2.60. The summed E-state index contributed by atoms with van der Waals surface area (Å²) in [6.07, 6.45) is 0. The lowest BCUT2D eigenvalue weighted by Crippen LogP contribution is -2.28. The van der Waals surface area contributed by atoms with Crippen molar-refractivity contribution >= 4 is 17.1 Å². The number of hydrogen-bond donors (Lipinski definition) is 0. The Bertz CT molecular complexity index is 2820. The summed E-state index contributed by atoms with van der Waals surface area (Å²) >= 11 is 0. The first-order valence-corrected chi connectivity index (χ1v) is 20.0. The lowest BCUT2D eigenvalue weighted by Gasteiger charge is -2.35. The second-order valence-electron chi connectivity index (χ2n) is 16.8. The number of benzene rings is 8. The predicted octanol–water partition coefficient (Wildman–Crippen LogP) is 14.1. The summed E-state index contributed by atoms with van der Waals surface area (Å²) in [5.41, 5.74) is 21.3. The standard InChI is InChI=1S/C55H43N/c1-53(2)44-27-14-11-23-39(44)41-34-33-38(35-48(41)53)56(50-32-17-26-42-40-24-12-15-28-45(40)54(3,4)52(42)50)49-31-18-30-47-51(49)43-25-13-16-29-46(43)55(47,36-19-7-5-8-20-36)37-21-9-6-10-22-37/h5-35H,1-4H3. The van der Waals surface area contributed by atoms with Gasteiger partial charge in [0.05, 0.1) is 16.8 Å². The SMILES string of the molecule is CC1(C)c2ccccc2-c2ccc(N(c3cccc4c3-c3ccccc3C4(c3ccccc3)c3ccccc3)c3cccc4c3C(C)(C)c3ccccc3-4)cc21. The number of anilines is 3. The van der Waals surface area contributed by atoms with E-state index in [1.165, 1.54) is 95.0 Å². The second kappa shape index (κ2) is 11.8. The van der Waals surface area contributed by atoms with E-state index < -0.39 is 5.41 Å². The van der Waals surface area contributed by atoms with E-state index in [0.717, 1.165) is 0 Å². The largest absolute Gasteiger partial charge is 0.310 e. The molecule has 8 aromatic rings. The van der Waals surface area contributed by atoms with E-state index in [2.05, 4.69) is 221 Å². The highest BCUT2D eigenvalue weighted by atomic mass is 15.2. The summed E-state index contributed by atoms with van der Waals surface area (Å²) < 4.78 is 0. The molecule has 0 atom stereocenters. The highest BCUT2D eigenvalue weighted by Gasteiger charge is 2.48. The van der Waals surface area contributed by atoms with E-state index in [0.29, 0.717) is 0 Å². The van der Waals surface area contributed by atoms with Crippen LogP contribution in [-0.4, -0.2) is 0 Å². The predicted molar refractivity (Wildman–Crippen MR) is 234 cm³/mol. The molecule has 0 amide bonds. The van der Waals surface area contributed by atoms with Crippen LogP contribution in [0.3, 0.4) is 0 Å². The molecular weight excluding hydrogens is 675 g/mol. The Hall–Kier alpha value is -6.44. The van der Waals surface area contributed by atoms with E-state index in [4.69, 9.17) is 0 Å². The minimum absolute atomic E-state index is 0.136. The van der Waals surface area contributed by atoms with Gasteiger partial charge in [-0.15, -0.1) is 0 Å². The molecule has 0 saturated heterocycles. The van der Waals surface area contributed by atoms with E-state index in [1.54, 1.807) is 0 Å². The van der Waals surface area contributed by atoms with Crippen molar-refractivity contribution in [3.8, 4) is 33.4 Å². The van der Waals surface area contributed by atoms with Gasteiger partial charge in [0.1, 0.15) is 0 Å². The molecule has 11 rings (SSSR count). The molecule has 0 radical (unpaired) electrons. The molecule has 3 aliphatic carbocycles. The minimum atomic E-state index is -0.494. The molecule has 56 heavy (non-hydrogen) atoms. The zero-order chi connectivity index (χ0) is 37.8. The molecule has 1 nitrogen and oxygen atoms in total. The zero-order valence-electron chi connectivity index (χ0n) is 32.3. The van der Waals surface area contributed by atoms with E-state index in [1.807, 2.05) is 0 Å². The molecular formula is C55H43N. The Morgan fingerprint density at radius 2 is 0.821 bits per heavy atom. The van der Waals surface area contributed by atoms with Crippen LogP contribution in [0.15, 0.2) is 188 Å². The first-order chi connectivity index (χ1) is 27.3. The van der Waals surface area contributed by atoms with E-state index in [9.17, 15) is 0 Å². The van der Waals surface area contributed by atoms with Crippen LogP contribution in [0.1, 0.15) is 72.2 Å². The Labute approximate surface area is 330 Å². The molecule has 3 aliphatic rings. The van der Waals surface area contributed by atoms with E-state index in [-0.39, 0.29) is 10.8 Å². The summed E-state index contributed by atoms with van der Waals surface area (Å²) in [6, 6.07) is 70.6. The quantitative estimate of drug-likeness (QED) is 0.171. The maximum atomic E-state index is 2.60. The highest BCUT2D eigenvalue weighted by molar-refractivity contribution is 6.00. The lowest BCUT2D eigenvalue weighted by atomic mass is 9.68. The lowest BCUT2D eigenvalue weighted by molar-refractivity contribution is 0.658. The molecule has 1 heteroatoms. The number of rotatable bonds is 5. The number of nitrogens with zero attached hydrogens (tertiary/aromatic N) is 1. The molecule has 0 aliphatic heterocycles. The van der Waals surface area contributed by atoms with Crippen LogP contribution in [-0.2, 0) is 16.2 Å². The molecule has 0 saturated carbocycles. The van der Waals surface area contributed by atoms with Crippen molar-refractivity contribution < 1.29 is 0 Å². The molecule has 0 fully saturated rings. The van der Waals surface area contributed by atoms with Gasteiger partial charge in [-0.1, -0.05) is 191 Å². The summed E-state index contributed by atoms with van der Waals surface area (Å²) in [5.74, 6) is 0. The summed E-state index contributed by atoms with van der Waals surface area (Å²) in [6.45, 7) is 9.58. The maximum absolute atomic E-state index is 2.60. The van der Waals surface area contributed by atoms with Gasteiger partial charge in [0.2, 0.25) is 0 Å². The van der Waals surface area contributed by atoms with Gasteiger partial charge < -0.3 is 4.90 Å². The Balaban J connectivity index is 1.25. The number of fused-ring (bicyclic) bond motifs is 9. The third kappa shape index (κ3) is 4.26. The fourth-order valence-corrected chi connectivity index (χ4v) is 10.9. The van der Waals surface area contributed by atoms with Crippen molar-refractivity contribution in [1.82, 2.24) is 0 Å². The van der Waals surface area contributed by atoms with Gasteiger partial charge in [-0.2, -0.15) is 0 Å². The Morgan fingerprint density at radius 1 is 0.339 bits per heavy atom. The van der Waals surface area contributed by atoms with Crippen molar-refractivity contribution in [1.29, 1.82) is 0 Å². The molecule has 0 spiro atoms. The van der Waals surface area contributed by atoms with Gasteiger partial charge in [0.25, 0.3) is 0 Å². The van der Waals surface area contributed by atoms with Crippen LogP contribution in [0.2, 0.25) is 0 Å². The average Bonchev–Trinajstić information content (AvgIpc) is 3.77. The van der Waals surface area contributed by atoms with Crippen molar-refractivity contribution in [2.45, 2.75) is 43.9 Å². The van der Waals surface area contributed by atoms with Crippen molar-refractivity contribution in [2.75, 3.05) is 4.90 Å². The van der Waals surface area contributed by atoms with Gasteiger partial charge in [-0.25, -0.2) is 0 Å². The van der Waals surface area contributed by atoms with Crippen LogP contribution in [0, 0.1) is 0 Å². The molecule has 0 bridgehead atoms. The van der Waals surface area contributed by atoms with Crippen molar-refractivity contribution in [2.24, 2.45) is 0 Å². The van der Waals surface area contributed by atoms with E-state index >= 15 is 0 Å². The van der Waals surface area contributed by atoms with Crippen molar-refractivity contribution in [3.63, 3.8) is 0 Å². The fraction of sp³-hybridized carbons (Fsp3) is 0.127. The number of hydrogen-bond acceptors (Lipinski definition) is 1. The third-order valence-corrected chi connectivity index (χ3v) is 13.3. The summed E-state index contributed by atoms with van der Waals surface area (Å²) in [5, 5.41) is 0. The van der Waals surface area contributed by atoms with Gasteiger partial charge in [0.15, 0.2) is 0 Å². The van der Waals surface area contributed by atoms with Gasteiger partial charge in [-0.05, 0) is 96.6 Å². The van der Waals surface area contributed by atoms with Gasteiger partial charge >= 0.3 is 0 Å². The van der Waals surface area contributed by atoms with Crippen LogP contribution >= 0.6 is 0 Å². The summed E-state index contributed by atoms with van der Waals surface area (Å²) in [7, 11) is 0. The smallest absolute Gasteiger partial charge is 0.0714 e. The molecule has 0 aromatic heterocycles.